The number of phosphoric acid groups is 1. The van der Waals surface area contributed by atoms with Crippen molar-refractivity contribution < 1.29 is 47.8 Å². The summed E-state index contributed by atoms with van der Waals surface area (Å²) in [6.07, 6.45) is 39.3. The molecular formula is C42H75O10P. The number of carbonyl (C=O) groups excluding carboxylic acids is 2. The van der Waals surface area contributed by atoms with Crippen LogP contribution >= 0.6 is 7.82 Å². The molecule has 0 rings (SSSR count). The minimum atomic E-state index is -4.62. The fourth-order valence-corrected chi connectivity index (χ4v) is 6.02. The van der Waals surface area contributed by atoms with Gasteiger partial charge in [-0.2, -0.15) is 0 Å². The van der Waals surface area contributed by atoms with Crippen molar-refractivity contribution in [2.24, 2.45) is 0 Å². The second-order valence-electron chi connectivity index (χ2n) is 13.7. The van der Waals surface area contributed by atoms with E-state index in [1.165, 1.54) is 51.4 Å². The molecule has 10 nitrogen and oxygen atoms in total. The van der Waals surface area contributed by atoms with E-state index in [2.05, 4.69) is 67.0 Å². The number of esters is 2. The average Bonchev–Trinajstić information content (AvgIpc) is 3.14. The molecule has 0 aromatic carbocycles. The zero-order valence-electron chi connectivity index (χ0n) is 33.2. The molecule has 0 aliphatic carbocycles. The highest BCUT2D eigenvalue weighted by Gasteiger charge is 2.27. The van der Waals surface area contributed by atoms with Crippen LogP contribution in [0.1, 0.15) is 168 Å². The van der Waals surface area contributed by atoms with Crippen molar-refractivity contribution in [3.8, 4) is 0 Å². The summed E-state index contributed by atoms with van der Waals surface area (Å²) in [4.78, 5) is 34.9. The Kier molecular flexibility index (Phi) is 36.7. The topological polar surface area (TPSA) is 149 Å². The van der Waals surface area contributed by atoms with Crippen LogP contribution in [0.5, 0.6) is 0 Å². The third kappa shape index (κ3) is 38.0. The minimum absolute atomic E-state index is 0.156. The lowest BCUT2D eigenvalue weighted by Gasteiger charge is -2.20. The molecule has 0 heterocycles. The Labute approximate surface area is 322 Å². The maximum atomic E-state index is 12.6. The SMILES string of the molecule is CCCCCC=CCC=CCC=CCCCCCCC(=O)OC(COC(=O)CCCCCCCC=CCCCCCC)COP(=O)(O)OCC(O)CO. The quantitative estimate of drug-likeness (QED) is 0.0240. The number of allylic oxidation sites excluding steroid dienone is 8. The predicted octanol–water partition coefficient (Wildman–Crippen LogP) is 10.6. The third-order valence-corrected chi connectivity index (χ3v) is 9.41. The Hall–Kier alpha value is -2.07. The number of rotatable bonds is 38. The van der Waals surface area contributed by atoms with Crippen molar-refractivity contribution in [2.45, 2.75) is 180 Å². The Morgan fingerprint density at radius 2 is 0.981 bits per heavy atom. The molecule has 0 saturated carbocycles. The molecule has 0 spiro atoms. The zero-order chi connectivity index (χ0) is 39.1. The predicted molar refractivity (Wildman–Crippen MR) is 214 cm³/mol. The van der Waals surface area contributed by atoms with Crippen LogP contribution in [-0.4, -0.2) is 65.7 Å². The van der Waals surface area contributed by atoms with Gasteiger partial charge in [0.1, 0.15) is 12.7 Å². The molecule has 0 amide bonds. The van der Waals surface area contributed by atoms with E-state index in [0.717, 1.165) is 77.0 Å². The molecule has 11 heteroatoms. The maximum Gasteiger partial charge on any atom is 0.472 e. The Morgan fingerprint density at radius 3 is 1.53 bits per heavy atom. The summed E-state index contributed by atoms with van der Waals surface area (Å²) in [7, 11) is -4.62. The van der Waals surface area contributed by atoms with E-state index in [4.69, 9.17) is 19.1 Å². The van der Waals surface area contributed by atoms with Crippen molar-refractivity contribution in [2.75, 3.05) is 26.4 Å². The lowest BCUT2D eigenvalue weighted by molar-refractivity contribution is -0.161. The molecule has 0 bridgehead atoms. The molecule has 308 valence electrons. The van der Waals surface area contributed by atoms with Gasteiger partial charge >= 0.3 is 19.8 Å². The van der Waals surface area contributed by atoms with Crippen molar-refractivity contribution in [1.82, 2.24) is 0 Å². The molecule has 0 fully saturated rings. The van der Waals surface area contributed by atoms with Gasteiger partial charge in [-0.1, -0.05) is 127 Å². The first-order valence-corrected chi connectivity index (χ1v) is 22.1. The van der Waals surface area contributed by atoms with Gasteiger partial charge in [-0.05, 0) is 77.0 Å². The van der Waals surface area contributed by atoms with Crippen molar-refractivity contribution in [1.29, 1.82) is 0 Å². The van der Waals surface area contributed by atoms with Gasteiger partial charge in [0.15, 0.2) is 6.10 Å². The van der Waals surface area contributed by atoms with Crippen LogP contribution in [0.15, 0.2) is 48.6 Å². The lowest BCUT2D eigenvalue weighted by atomic mass is 10.1. The highest BCUT2D eigenvalue weighted by atomic mass is 31.2. The molecule has 0 aliphatic rings. The van der Waals surface area contributed by atoms with Crippen LogP contribution in [0.4, 0.5) is 0 Å². The molecule has 3 N–H and O–H groups in total. The van der Waals surface area contributed by atoms with E-state index in [-0.39, 0.29) is 19.4 Å². The first-order valence-electron chi connectivity index (χ1n) is 20.6. The highest BCUT2D eigenvalue weighted by Crippen LogP contribution is 2.43. The van der Waals surface area contributed by atoms with Gasteiger partial charge in [-0.3, -0.25) is 18.6 Å². The minimum Gasteiger partial charge on any atom is -0.462 e. The van der Waals surface area contributed by atoms with E-state index in [0.29, 0.717) is 12.8 Å². The van der Waals surface area contributed by atoms with E-state index in [1.807, 2.05) is 0 Å². The van der Waals surface area contributed by atoms with Gasteiger partial charge < -0.3 is 24.6 Å². The number of carbonyl (C=O) groups is 2. The maximum absolute atomic E-state index is 12.6. The smallest absolute Gasteiger partial charge is 0.462 e. The summed E-state index contributed by atoms with van der Waals surface area (Å²) in [5, 5.41) is 18.3. The summed E-state index contributed by atoms with van der Waals surface area (Å²) in [5.41, 5.74) is 0. The monoisotopic (exact) mass is 771 g/mol. The van der Waals surface area contributed by atoms with Crippen LogP contribution in [-0.2, 0) is 32.7 Å². The molecule has 0 aromatic heterocycles. The summed E-state index contributed by atoms with van der Waals surface area (Å²) in [6.45, 7) is 2.29. The number of unbranched alkanes of at least 4 members (excludes halogenated alkanes) is 16. The van der Waals surface area contributed by atoms with E-state index in [1.54, 1.807) is 0 Å². The normalized spacial score (nSPS) is 14.4. The van der Waals surface area contributed by atoms with E-state index in [9.17, 15) is 24.2 Å². The van der Waals surface area contributed by atoms with E-state index < -0.39 is 51.8 Å². The third-order valence-electron chi connectivity index (χ3n) is 8.46. The lowest BCUT2D eigenvalue weighted by Crippen LogP contribution is -2.29. The molecule has 3 unspecified atom stereocenters. The zero-order valence-corrected chi connectivity index (χ0v) is 34.1. The van der Waals surface area contributed by atoms with E-state index >= 15 is 0 Å². The summed E-state index contributed by atoms with van der Waals surface area (Å²) in [6, 6.07) is 0. The van der Waals surface area contributed by atoms with Gasteiger partial charge in [0.25, 0.3) is 0 Å². The first kappa shape index (κ1) is 50.9. The van der Waals surface area contributed by atoms with Gasteiger partial charge in [0, 0.05) is 12.8 Å². The summed E-state index contributed by atoms with van der Waals surface area (Å²) >= 11 is 0. The highest BCUT2D eigenvalue weighted by molar-refractivity contribution is 7.47. The second-order valence-corrected chi connectivity index (χ2v) is 15.1. The molecule has 3 atom stereocenters. The van der Waals surface area contributed by atoms with Gasteiger partial charge in [-0.25, -0.2) is 4.57 Å². The van der Waals surface area contributed by atoms with Crippen LogP contribution in [0.2, 0.25) is 0 Å². The van der Waals surface area contributed by atoms with Crippen molar-refractivity contribution in [3.63, 3.8) is 0 Å². The average molecular weight is 771 g/mol. The number of hydrogen-bond donors (Lipinski definition) is 3. The number of hydrogen-bond acceptors (Lipinski definition) is 9. The Balaban J connectivity index is 4.40. The largest absolute Gasteiger partial charge is 0.472 e. The van der Waals surface area contributed by atoms with Gasteiger partial charge in [0.2, 0.25) is 0 Å². The summed E-state index contributed by atoms with van der Waals surface area (Å²) < 4.78 is 32.6. The summed E-state index contributed by atoms with van der Waals surface area (Å²) in [5.74, 6) is -0.963. The Bertz CT molecular complexity index is 1030. The fraction of sp³-hybridized carbons (Fsp3) is 0.762. The number of phosphoric ester groups is 1. The van der Waals surface area contributed by atoms with Gasteiger partial charge in [0.05, 0.1) is 19.8 Å². The number of aliphatic hydroxyl groups is 2. The molecule has 0 saturated heterocycles. The Morgan fingerprint density at radius 1 is 0.566 bits per heavy atom. The van der Waals surface area contributed by atoms with Crippen LogP contribution in [0.25, 0.3) is 0 Å². The number of ether oxygens (including phenoxy) is 2. The van der Waals surface area contributed by atoms with Crippen molar-refractivity contribution >= 4 is 19.8 Å². The van der Waals surface area contributed by atoms with Gasteiger partial charge in [-0.15, -0.1) is 0 Å². The number of aliphatic hydroxyl groups excluding tert-OH is 2. The molecule has 0 aromatic rings. The molecular weight excluding hydrogens is 695 g/mol. The molecule has 0 aliphatic heterocycles. The first-order chi connectivity index (χ1) is 25.7. The molecule has 53 heavy (non-hydrogen) atoms. The fourth-order valence-electron chi connectivity index (χ4n) is 5.23. The van der Waals surface area contributed by atoms with Crippen LogP contribution in [0, 0.1) is 0 Å². The van der Waals surface area contributed by atoms with Crippen LogP contribution < -0.4 is 0 Å². The van der Waals surface area contributed by atoms with Crippen molar-refractivity contribution in [3.05, 3.63) is 48.6 Å². The second kappa shape index (κ2) is 38.2. The standard InChI is InChI=1S/C42H75O10P/c1-3-5-7-9-11-13-15-17-18-19-20-22-24-26-28-30-32-34-42(46)52-40(38-51-53(47,48)50-36-39(44)35-43)37-49-41(45)33-31-29-27-25-23-21-16-14-12-10-8-6-4-2/h11,13-14,16-18,20,22,39-40,43-44H,3-10,12,15,19,21,23-38H2,1-2H3,(H,47,48). The van der Waals surface area contributed by atoms with Crippen LogP contribution in [0.3, 0.4) is 0 Å². The molecule has 0 radical (unpaired) electrons.